The molecular formula is C26H34N4O7. The van der Waals surface area contributed by atoms with Crippen LogP contribution in [0.25, 0.3) is 5.76 Å². The summed E-state index contributed by atoms with van der Waals surface area (Å²) in [5.74, 6) is -6.52. The minimum Gasteiger partial charge on any atom is -0.508 e. The summed E-state index contributed by atoms with van der Waals surface area (Å²) in [7, 11) is 10.5. The van der Waals surface area contributed by atoms with Gasteiger partial charge in [0.25, 0.3) is 5.91 Å². The predicted octanol–water partition coefficient (Wildman–Crippen LogP) is 0.0916. The fourth-order valence-corrected chi connectivity index (χ4v) is 6.21. The van der Waals surface area contributed by atoms with Crippen molar-refractivity contribution < 1.29 is 34.8 Å². The molecule has 1 aromatic rings. The third-order valence-corrected chi connectivity index (χ3v) is 7.74. The molecule has 0 bridgehead atoms. The molecular weight excluding hydrogens is 480 g/mol. The number of phenolic OH excluding ortho intramolecular Hbond substituents is 1. The molecule has 1 saturated carbocycles. The molecule has 0 unspecified atom stereocenters. The van der Waals surface area contributed by atoms with Crippen LogP contribution in [0.4, 0.5) is 5.69 Å². The van der Waals surface area contributed by atoms with Crippen LogP contribution in [0.5, 0.6) is 5.75 Å². The summed E-state index contributed by atoms with van der Waals surface area (Å²) in [6.45, 7) is 0.365. The number of carbonyl (C=O) groups is 3. The molecule has 4 rings (SSSR count). The van der Waals surface area contributed by atoms with Gasteiger partial charge in [0.1, 0.15) is 22.8 Å². The largest absolute Gasteiger partial charge is 0.508 e. The van der Waals surface area contributed by atoms with Crippen molar-refractivity contribution in [1.29, 1.82) is 0 Å². The average molecular weight is 515 g/mol. The molecule has 200 valence electrons. The molecule has 3 aliphatic rings. The number of likely N-dealkylation sites (N-methyl/N-ethyl adjacent to an activating group) is 1. The van der Waals surface area contributed by atoms with Gasteiger partial charge in [0.15, 0.2) is 11.4 Å². The molecule has 11 nitrogen and oxygen atoms in total. The van der Waals surface area contributed by atoms with E-state index in [4.69, 9.17) is 5.73 Å². The lowest BCUT2D eigenvalue weighted by Gasteiger charge is -2.50. The molecule has 37 heavy (non-hydrogen) atoms. The number of aliphatic hydroxyl groups is 3. The second-order valence-electron chi connectivity index (χ2n) is 10.9. The Balaban J connectivity index is 2.00. The van der Waals surface area contributed by atoms with E-state index < -0.39 is 58.0 Å². The van der Waals surface area contributed by atoms with Crippen LogP contribution in [0.15, 0.2) is 23.0 Å². The first-order valence-corrected chi connectivity index (χ1v) is 12.0. The van der Waals surface area contributed by atoms with Crippen LogP contribution in [0, 0.1) is 11.8 Å². The summed E-state index contributed by atoms with van der Waals surface area (Å²) in [4.78, 5) is 44.4. The first-order chi connectivity index (χ1) is 17.1. The highest BCUT2D eigenvalue weighted by Crippen LogP contribution is 2.54. The van der Waals surface area contributed by atoms with Crippen LogP contribution >= 0.6 is 0 Å². The Kier molecular flexibility index (Phi) is 6.38. The van der Waals surface area contributed by atoms with E-state index in [9.17, 15) is 34.8 Å². The average Bonchev–Trinajstić information content (AvgIpc) is 2.77. The van der Waals surface area contributed by atoms with Gasteiger partial charge >= 0.3 is 0 Å². The van der Waals surface area contributed by atoms with Crippen molar-refractivity contribution in [2.75, 3.05) is 47.2 Å². The molecule has 1 aromatic carbocycles. The molecule has 0 heterocycles. The van der Waals surface area contributed by atoms with Crippen LogP contribution in [-0.2, 0) is 27.3 Å². The van der Waals surface area contributed by atoms with E-state index in [1.54, 1.807) is 14.1 Å². The molecule has 3 aliphatic carbocycles. The Bertz CT molecular complexity index is 1280. The fraction of sp³-hybridized carbons (Fsp3) is 0.500. The van der Waals surface area contributed by atoms with Gasteiger partial charge in [-0.25, -0.2) is 0 Å². The van der Waals surface area contributed by atoms with Gasteiger partial charge in [-0.3, -0.25) is 19.3 Å². The minimum atomic E-state index is -2.65. The van der Waals surface area contributed by atoms with Crippen LogP contribution in [0.3, 0.4) is 0 Å². The topological polar surface area (TPSA) is 168 Å². The number of phenols is 1. The van der Waals surface area contributed by atoms with Crippen LogP contribution in [-0.4, -0.2) is 102 Å². The number of aliphatic hydroxyl groups excluding tert-OH is 2. The number of rotatable bonds is 5. The second-order valence-corrected chi connectivity index (χ2v) is 10.9. The molecule has 0 aromatic heterocycles. The Morgan fingerprint density at radius 3 is 2.24 bits per heavy atom. The quantitative estimate of drug-likeness (QED) is 0.340. The van der Waals surface area contributed by atoms with Gasteiger partial charge in [-0.1, -0.05) is 0 Å². The molecule has 4 atom stereocenters. The van der Waals surface area contributed by atoms with E-state index in [0.717, 1.165) is 5.69 Å². The molecule has 0 radical (unpaired) electrons. The lowest BCUT2D eigenvalue weighted by molar-refractivity contribution is -0.153. The normalized spacial score (nSPS) is 27.4. The molecule has 0 saturated heterocycles. The van der Waals surface area contributed by atoms with Gasteiger partial charge in [-0.2, -0.15) is 0 Å². The van der Waals surface area contributed by atoms with Crippen molar-refractivity contribution in [3.8, 4) is 5.75 Å². The lowest BCUT2D eigenvalue weighted by Crippen LogP contribution is -2.65. The highest BCUT2D eigenvalue weighted by molar-refractivity contribution is 6.24. The predicted molar refractivity (Wildman–Crippen MR) is 136 cm³/mol. The Labute approximate surface area is 215 Å². The highest BCUT2D eigenvalue weighted by atomic mass is 16.3. The minimum absolute atomic E-state index is 0.0544. The van der Waals surface area contributed by atoms with Gasteiger partial charge in [-0.15, -0.1) is 0 Å². The number of carbonyl (C=O) groups excluding carboxylic acids is 3. The third kappa shape index (κ3) is 3.72. The van der Waals surface area contributed by atoms with Gasteiger partial charge in [0, 0.05) is 43.4 Å². The lowest BCUT2D eigenvalue weighted by atomic mass is 9.57. The molecule has 0 spiro atoms. The number of anilines is 1. The Morgan fingerprint density at radius 2 is 1.73 bits per heavy atom. The zero-order chi connectivity index (χ0) is 27.7. The number of Topliss-reactive ketones (excluding diaryl/α,β-unsaturated/α-hetero) is 2. The van der Waals surface area contributed by atoms with Gasteiger partial charge < -0.3 is 36.0 Å². The number of ketones is 2. The number of primary amides is 1. The number of hydrogen-bond acceptors (Lipinski definition) is 10. The summed E-state index contributed by atoms with van der Waals surface area (Å²) >= 11 is 0. The van der Waals surface area contributed by atoms with Gasteiger partial charge in [0.05, 0.1) is 11.6 Å². The van der Waals surface area contributed by atoms with E-state index in [1.807, 2.05) is 44.1 Å². The smallest absolute Gasteiger partial charge is 0.255 e. The van der Waals surface area contributed by atoms with Crippen molar-refractivity contribution in [2.24, 2.45) is 17.6 Å². The van der Waals surface area contributed by atoms with Crippen molar-refractivity contribution >= 4 is 28.9 Å². The summed E-state index contributed by atoms with van der Waals surface area (Å²) in [5.41, 5.74) is 3.75. The maximum atomic E-state index is 13.9. The van der Waals surface area contributed by atoms with Crippen LogP contribution in [0.1, 0.15) is 23.1 Å². The van der Waals surface area contributed by atoms with Crippen molar-refractivity contribution in [3.05, 3.63) is 39.7 Å². The molecule has 11 heteroatoms. The van der Waals surface area contributed by atoms with Crippen LogP contribution in [0.2, 0.25) is 0 Å². The van der Waals surface area contributed by atoms with E-state index in [2.05, 4.69) is 0 Å². The van der Waals surface area contributed by atoms with E-state index in [0.29, 0.717) is 17.7 Å². The number of amides is 1. The summed E-state index contributed by atoms with van der Waals surface area (Å²) in [5, 5.41) is 45.3. The number of fused-ring (bicyclic) bond motifs is 3. The summed E-state index contributed by atoms with van der Waals surface area (Å²) in [6.07, 6.45) is 0.302. The Morgan fingerprint density at radius 1 is 1.11 bits per heavy atom. The standard InChI is InChI=1S/C26H34N4O7/c1-28(2)10-12-9-15(29(3)4)13-7-11-8-14-19(30(5)6)22(33)18(25(27)36)24(35)26(14,37)23(34)16(11)21(32)17(13)20(12)31/h9,11,14,19,31-32,35,37H,7-8,10H2,1-6H3,(H2,27,36)/t11-,14-,19-,26-/m0/s1. The highest BCUT2D eigenvalue weighted by Gasteiger charge is 2.64. The summed E-state index contributed by atoms with van der Waals surface area (Å²) in [6, 6.07) is 0.732. The molecule has 1 fully saturated rings. The number of hydrogen-bond donors (Lipinski definition) is 5. The fourth-order valence-electron chi connectivity index (χ4n) is 6.21. The number of benzene rings is 1. The second kappa shape index (κ2) is 8.86. The Hall–Kier alpha value is -3.41. The molecule has 6 N–H and O–H groups in total. The zero-order valence-corrected chi connectivity index (χ0v) is 21.9. The first-order valence-electron chi connectivity index (χ1n) is 12.0. The monoisotopic (exact) mass is 514 g/mol. The van der Waals surface area contributed by atoms with Crippen molar-refractivity contribution in [1.82, 2.24) is 9.80 Å². The molecule has 1 amide bonds. The molecule has 0 aliphatic heterocycles. The first kappa shape index (κ1) is 26.6. The van der Waals surface area contributed by atoms with E-state index >= 15 is 0 Å². The zero-order valence-electron chi connectivity index (χ0n) is 21.9. The van der Waals surface area contributed by atoms with Crippen molar-refractivity contribution in [3.63, 3.8) is 0 Å². The maximum Gasteiger partial charge on any atom is 0.255 e. The number of aromatic hydroxyl groups is 1. The number of nitrogens with two attached hydrogens (primary N) is 1. The van der Waals surface area contributed by atoms with Crippen molar-refractivity contribution in [2.45, 2.75) is 31.0 Å². The SMILES string of the molecule is CN(C)Cc1cc(N(C)C)c2c(c1O)C(O)=C1C(=O)[C@]3(O)C(O)=C(C(N)=O)C(=O)[C@@H](N(C)C)[C@@H]3C[C@@H]1C2. The number of nitrogens with zero attached hydrogens (tertiary/aromatic N) is 3. The van der Waals surface area contributed by atoms with Gasteiger partial charge in [-0.05, 0) is 58.6 Å². The van der Waals surface area contributed by atoms with Crippen LogP contribution < -0.4 is 10.6 Å². The third-order valence-electron chi connectivity index (χ3n) is 7.74. The van der Waals surface area contributed by atoms with E-state index in [-0.39, 0.29) is 29.7 Å². The van der Waals surface area contributed by atoms with E-state index in [1.165, 1.54) is 4.90 Å². The maximum absolute atomic E-state index is 13.9. The van der Waals surface area contributed by atoms with Gasteiger partial charge in [0.2, 0.25) is 5.78 Å². The summed E-state index contributed by atoms with van der Waals surface area (Å²) < 4.78 is 0.